The van der Waals surface area contributed by atoms with E-state index in [0.717, 1.165) is 5.69 Å². The molecule has 0 unspecified atom stereocenters. The lowest BCUT2D eigenvalue weighted by molar-refractivity contribution is -0.146. The lowest BCUT2D eigenvalue weighted by Gasteiger charge is -2.08. The largest absolute Gasteiger partial charge is 0.454 e. The maximum absolute atomic E-state index is 12.2. The topological polar surface area (TPSA) is 128 Å². The number of amides is 2. The molecule has 0 spiro atoms. The van der Waals surface area contributed by atoms with Crippen molar-refractivity contribution in [3.63, 3.8) is 0 Å². The lowest BCUT2D eigenvalue weighted by Crippen LogP contribution is -2.32. The van der Waals surface area contributed by atoms with Gasteiger partial charge >= 0.3 is 5.97 Å². The molecule has 1 aliphatic rings. The van der Waals surface area contributed by atoms with Crippen molar-refractivity contribution >= 4 is 34.8 Å². The Bertz CT molecular complexity index is 1210. The zero-order chi connectivity index (χ0) is 23.8. The van der Waals surface area contributed by atoms with Gasteiger partial charge in [0.15, 0.2) is 18.1 Å². The third kappa shape index (κ3) is 6.16. The highest BCUT2D eigenvalue weighted by Gasteiger charge is 2.17. The molecule has 1 aliphatic heterocycles. The highest BCUT2D eigenvalue weighted by molar-refractivity contribution is 5.97. The minimum absolute atomic E-state index is 0.0956. The molecule has 3 aromatic carbocycles. The van der Waals surface area contributed by atoms with Crippen LogP contribution in [-0.2, 0) is 14.3 Å². The number of ether oxygens (including phenoxy) is 3. The van der Waals surface area contributed by atoms with Crippen molar-refractivity contribution in [2.75, 3.05) is 25.3 Å². The molecule has 172 valence electrons. The second kappa shape index (κ2) is 10.7. The van der Waals surface area contributed by atoms with Crippen molar-refractivity contribution in [2.45, 2.75) is 0 Å². The fraction of sp³-hybridized carbons (Fsp3) is 0.125. The Kier molecular flexibility index (Phi) is 7.09. The lowest BCUT2D eigenvalue weighted by atomic mass is 10.2. The van der Waals surface area contributed by atoms with Gasteiger partial charge in [-0.1, -0.05) is 18.2 Å². The Balaban J connectivity index is 1.18. The van der Waals surface area contributed by atoms with Crippen LogP contribution >= 0.6 is 0 Å². The van der Waals surface area contributed by atoms with Crippen LogP contribution in [0.2, 0.25) is 0 Å². The van der Waals surface area contributed by atoms with E-state index in [9.17, 15) is 14.4 Å². The van der Waals surface area contributed by atoms with Crippen LogP contribution in [-0.4, -0.2) is 37.7 Å². The summed E-state index contributed by atoms with van der Waals surface area (Å²) >= 11 is 0. The minimum Gasteiger partial charge on any atom is -0.454 e. The normalized spacial score (nSPS) is 11.8. The van der Waals surface area contributed by atoms with Gasteiger partial charge in [-0.15, -0.1) is 0 Å². The Labute approximate surface area is 194 Å². The number of anilines is 1. The molecule has 3 aromatic rings. The molecule has 2 amide bonds. The first-order chi connectivity index (χ1) is 16.6. The fourth-order valence-corrected chi connectivity index (χ4v) is 2.91. The van der Waals surface area contributed by atoms with E-state index in [4.69, 9.17) is 14.2 Å². The molecule has 10 nitrogen and oxygen atoms in total. The molecular weight excluding hydrogens is 440 g/mol. The quantitative estimate of drug-likeness (QED) is 0.389. The van der Waals surface area contributed by atoms with Gasteiger partial charge in [0, 0.05) is 11.3 Å². The van der Waals surface area contributed by atoms with Crippen LogP contribution in [0.5, 0.6) is 11.5 Å². The molecule has 0 atom stereocenters. The number of benzene rings is 3. The van der Waals surface area contributed by atoms with Crippen LogP contribution in [0, 0.1) is 0 Å². The number of rotatable bonds is 8. The van der Waals surface area contributed by atoms with Gasteiger partial charge in [0.2, 0.25) is 6.79 Å². The van der Waals surface area contributed by atoms with Gasteiger partial charge < -0.3 is 24.8 Å². The smallest absolute Gasteiger partial charge is 0.325 e. The molecule has 0 fully saturated rings. The summed E-state index contributed by atoms with van der Waals surface area (Å²) in [4.78, 5) is 36.1. The summed E-state index contributed by atoms with van der Waals surface area (Å²) in [6.45, 7) is -0.784. The monoisotopic (exact) mass is 460 g/mol. The molecule has 0 saturated carbocycles. The molecule has 0 aliphatic carbocycles. The number of carbonyl (C=O) groups excluding carboxylic acids is 3. The number of fused-ring (bicyclic) bond motifs is 1. The maximum Gasteiger partial charge on any atom is 0.325 e. The van der Waals surface area contributed by atoms with Gasteiger partial charge in [0.1, 0.15) is 6.54 Å². The fourth-order valence-electron chi connectivity index (χ4n) is 2.91. The van der Waals surface area contributed by atoms with Gasteiger partial charge in [0.25, 0.3) is 11.8 Å². The van der Waals surface area contributed by atoms with E-state index >= 15 is 0 Å². The molecule has 10 heteroatoms. The molecule has 0 saturated heterocycles. The number of nitrogens with one attached hydrogen (secondary N) is 2. The molecule has 0 bridgehead atoms. The van der Waals surface area contributed by atoms with Crippen LogP contribution < -0.4 is 20.1 Å². The van der Waals surface area contributed by atoms with E-state index < -0.39 is 24.4 Å². The first kappa shape index (κ1) is 22.5. The van der Waals surface area contributed by atoms with E-state index in [1.54, 1.807) is 36.4 Å². The summed E-state index contributed by atoms with van der Waals surface area (Å²) in [5.74, 6) is -0.744. The molecular formula is C24H20N4O6. The highest BCUT2D eigenvalue weighted by atomic mass is 16.7. The summed E-state index contributed by atoms with van der Waals surface area (Å²) in [5.41, 5.74) is 2.16. The average molecular weight is 460 g/mol. The third-order valence-electron chi connectivity index (χ3n) is 4.58. The summed E-state index contributed by atoms with van der Waals surface area (Å²) < 4.78 is 15.3. The first-order valence-electron chi connectivity index (χ1n) is 10.3. The maximum atomic E-state index is 12.2. The predicted octanol–water partition coefficient (Wildman–Crippen LogP) is 3.74. The van der Waals surface area contributed by atoms with Gasteiger partial charge in [-0.2, -0.15) is 10.2 Å². The van der Waals surface area contributed by atoms with Crippen LogP contribution in [0.25, 0.3) is 0 Å². The zero-order valence-electron chi connectivity index (χ0n) is 17.9. The number of nitrogens with zero attached hydrogens (tertiary/aromatic N) is 2. The van der Waals surface area contributed by atoms with Gasteiger partial charge in [-0.25, -0.2) is 0 Å². The van der Waals surface area contributed by atoms with Crippen LogP contribution in [0.3, 0.4) is 0 Å². The Hall–Kier alpha value is -4.73. The first-order valence-corrected chi connectivity index (χ1v) is 10.3. The summed E-state index contributed by atoms with van der Waals surface area (Å²) in [6.07, 6.45) is 0. The highest BCUT2D eigenvalue weighted by Crippen LogP contribution is 2.32. The summed E-state index contributed by atoms with van der Waals surface area (Å²) in [7, 11) is 0. The van der Waals surface area contributed by atoms with E-state index in [2.05, 4.69) is 20.9 Å². The summed E-state index contributed by atoms with van der Waals surface area (Å²) in [5, 5.41) is 13.3. The van der Waals surface area contributed by atoms with Crippen molar-refractivity contribution in [1.82, 2.24) is 5.32 Å². The Morgan fingerprint density at radius 1 is 0.853 bits per heavy atom. The Morgan fingerprint density at radius 3 is 2.32 bits per heavy atom. The van der Waals surface area contributed by atoms with Gasteiger partial charge in [-0.05, 0) is 54.6 Å². The van der Waals surface area contributed by atoms with Crippen LogP contribution in [0.4, 0.5) is 17.1 Å². The van der Waals surface area contributed by atoms with Crippen molar-refractivity contribution in [3.8, 4) is 11.5 Å². The number of esters is 1. The summed E-state index contributed by atoms with van der Waals surface area (Å²) in [6, 6.07) is 20.7. The van der Waals surface area contributed by atoms with Crippen molar-refractivity contribution in [1.29, 1.82) is 0 Å². The third-order valence-corrected chi connectivity index (χ3v) is 4.58. The van der Waals surface area contributed by atoms with E-state index in [0.29, 0.717) is 28.4 Å². The molecule has 1 heterocycles. The second-order valence-corrected chi connectivity index (χ2v) is 7.04. The number of azo groups is 1. The number of hydrogen-bond acceptors (Lipinski definition) is 8. The standard InChI is InChI=1S/C24H20N4O6/c29-22(26-17-7-9-19(10-8-17)28-27-18-4-2-1-3-5-18)14-32-23(30)13-25-24(31)16-6-11-20-21(12-16)34-15-33-20/h1-12H,13-15H2,(H,25,31)(H,26,29). The zero-order valence-corrected chi connectivity index (χ0v) is 17.9. The predicted molar refractivity (Wildman–Crippen MR) is 122 cm³/mol. The Morgan fingerprint density at radius 2 is 1.56 bits per heavy atom. The van der Waals surface area contributed by atoms with Gasteiger partial charge in [-0.3, -0.25) is 14.4 Å². The molecule has 34 heavy (non-hydrogen) atoms. The van der Waals surface area contributed by atoms with Crippen molar-refractivity contribution < 1.29 is 28.6 Å². The molecule has 0 aromatic heterocycles. The van der Waals surface area contributed by atoms with E-state index in [1.165, 1.54) is 6.07 Å². The molecule has 2 N–H and O–H groups in total. The number of carbonyl (C=O) groups is 3. The molecule has 4 rings (SSSR count). The van der Waals surface area contributed by atoms with Gasteiger partial charge in [0.05, 0.1) is 11.4 Å². The van der Waals surface area contributed by atoms with Crippen LogP contribution in [0.15, 0.2) is 83.0 Å². The minimum atomic E-state index is -0.749. The SMILES string of the molecule is O=C(COC(=O)CNC(=O)c1ccc2c(c1)OCO2)Nc1ccc(N=Nc2ccccc2)cc1. The van der Waals surface area contributed by atoms with Crippen molar-refractivity contribution in [2.24, 2.45) is 10.2 Å². The average Bonchev–Trinajstić information content (AvgIpc) is 3.34. The second-order valence-electron chi connectivity index (χ2n) is 7.04. The van der Waals surface area contributed by atoms with Crippen LogP contribution in [0.1, 0.15) is 10.4 Å². The number of hydrogen-bond donors (Lipinski definition) is 2. The van der Waals surface area contributed by atoms with Crippen molar-refractivity contribution in [3.05, 3.63) is 78.4 Å². The molecule has 0 radical (unpaired) electrons. The van der Waals surface area contributed by atoms with E-state index in [1.807, 2.05) is 30.3 Å². The van der Waals surface area contributed by atoms with E-state index in [-0.39, 0.29) is 13.3 Å².